The lowest BCUT2D eigenvalue weighted by Gasteiger charge is -2.12. The van der Waals surface area contributed by atoms with Crippen LogP contribution in [0, 0.1) is 20.8 Å². The molecule has 0 aliphatic carbocycles. The molecule has 0 unspecified atom stereocenters. The first-order valence-electron chi connectivity index (χ1n) is 7.84. The molecule has 0 aliphatic rings. The number of carbonyl (C=O) groups excluding carboxylic acids is 1. The minimum Gasteiger partial charge on any atom is -0.490 e. The topological polar surface area (TPSA) is 47.6 Å². The van der Waals surface area contributed by atoms with E-state index in [9.17, 15) is 4.79 Å². The first-order valence-corrected chi connectivity index (χ1v) is 7.84. The zero-order valence-electron chi connectivity index (χ0n) is 14.4. The predicted octanol–water partition coefficient (Wildman–Crippen LogP) is 4.19. The summed E-state index contributed by atoms with van der Waals surface area (Å²) in [6.45, 7) is 10.1. The van der Waals surface area contributed by atoms with Gasteiger partial charge >= 0.3 is 0 Å². The van der Waals surface area contributed by atoms with Crippen molar-refractivity contribution in [2.75, 3.05) is 18.5 Å². The molecule has 0 bridgehead atoms. The van der Waals surface area contributed by atoms with Crippen LogP contribution >= 0.6 is 0 Å². The Morgan fingerprint density at radius 3 is 2.50 bits per heavy atom. The Balaban J connectivity index is 1.90. The van der Waals surface area contributed by atoms with Gasteiger partial charge < -0.3 is 14.8 Å². The highest BCUT2D eigenvalue weighted by Crippen LogP contribution is 2.23. The fraction of sp³-hybridized carbons (Fsp3) is 0.250. The second kappa shape index (κ2) is 8.20. The molecule has 1 N–H and O–H groups in total. The van der Waals surface area contributed by atoms with Crippen LogP contribution in [0.5, 0.6) is 11.5 Å². The third-order valence-corrected chi connectivity index (χ3v) is 3.63. The predicted molar refractivity (Wildman–Crippen MR) is 96.9 cm³/mol. The van der Waals surface area contributed by atoms with Crippen LogP contribution < -0.4 is 14.8 Å². The van der Waals surface area contributed by atoms with Gasteiger partial charge in [-0.05, 0) is 67.8 Å². The number of aryl methyl sites for hydroxylation is 2. The number of anilines is 1. The quantitative estimate of drug-likeness (QED) is 0.776. The third kappa shape index (κ3) is 4.88. The summed E-state index contributed by atoms with van der Waals surface area (Å²) in [7, 11) is 0. The van der Waals surface area contributed by atoms with E-state index in [4.69, 9.17) is 9.47 Å². The highest BCUT2D eigenvalue weighted by molar-refractivity contribution is 5.91. The number of rotatable bonds is 7. The van der Waals surface area contributed by atoms with E-state index in [1.54, 1.807) is 30.3 Å². The van der Waals surface area contributed by atoms with Crippen LogP contribution in [0.3, 0.4) is 0 Å². The van der Waals surface area contributed by atoms with Crippen molar-refractivity contribution in [2.45, 2.75) is 20.8 Å². The number of hydrogen-bond acceptors (Lipinski definition) is 3. The van der Waals surface area contributed by atoms with Gasteiger partial charge in [0, 0.05) is 5.69 Å². The highest BCUT2D eigenvalue weighted by atomic mass is 16.5. The van der Waals surface area contributed by atoms with Crippen molar-refractivity contribution < 1.29 is 14.3 Å². The molecule has 2 rings (SSSR count). The molecule has 1 amide bonds. The molecule has 4 nitrogen and oxygen atoms in total. The fourth-order valence-corrected chi connectivity index (χ4v) is 2.28. The lowest BCUT2D eigenvalue weighted by Crippen LogP contribution is -2.20. The SMILES string of the molecule is C=CCOc1ccc(NC(=O)COc2cc(C)cc(C)c2C)cc1. The van der Waals surface area contributed by atoms with E-state index in [2.05, 4.69) is 18.0 Å². The minimum absolute atomic E-state index is 0.0293. The maximum atomic E-state index is 12.0. The molecule has 24 heavy (non-hydrogen) atoms. The summed E-state index contributed by atoms with van der Waals surface area (Å²) in [6.07, 6.45) is 1.68. The van der Waals surface area contributed by atoms with Gasteiger partial charge in [0.1, 0.15) is 18.1 Å². The van der Waals surface area contributed by atoms with Gasteiger partial charge in [0.15, 0.2) is 6.61 Å². The number of hydrogen-bond donors (Lipinski definition) is 1. The van der Waals surface area contributed by atoms with Crippen molar-refractivity contribution in [3.8, 4) is 11.5 Å². The third-order valence-electron chi connectivity index (χ3n) is 3.63. The molecule has 0 aliphatic heterocycles. The zero-order valence-corrected chi connectivity index (χ0v) is 14.4. The van der Waals surface area contributed by atoms with E-state index in [0.29, 0.717) is 12.3 Å². The van der Waals surface area contributed by atoms with E-state index in [0.717, 1.165) is 28.2 Å². The smallest absolute Gasteiger partial charge is 0.262 e. The summed E-state index contributed by atoms with van der Waals surface area (Å²) < 4.78 is 11.1. The van der Waals surface area contributed by atoms with Gasteiger partial charge in [-0.2, -0.15) is 0 Å². The molecule has 126 valence electrons. The summed E-state index contributed by atoms with van der Waals surface area (Å²) in [4.78, 5) is 12.0. The Hall–Kier alpha value is -2.75. The van der Waals surface area contributed by atoms with Crippen molar-refractivity contribution >= 4 is 11.6 Å². The van der Waals surface area contributed by atoms with E-state index in [1.807, 2.05) is 26.8 Å². The van der Waals surface area contributed by atoms with Crippen LogP contribution in [-0.4, -0.2) is 19.1 Å². The summed E-state index contributed by atoms with van der Waals surface area (Å²) in [6, 6.07) is 11.2. The van der Waals surface area contributed by atoms with Gasteiger partial charge in [-0.1, -0.05) is 18.7 Å². The Morgan fingerprint density at radius 1 is 1.12 bits per heavy atom. The number of nitrogens with one attached hydrogen (secondary N) is 1. The van der Waals surface area contributed by atoms with Crippen molar-refractivity contribution in [2.24, 2.45) is 0 Å². The van der Waals surface area contributed by atoms with Gasteiger partial charge in [0.25, 0.3) is 5.91 Å². The molecule has 2 aromatic carbocycles. The molecular formula is C20H23NO3. The standard InChI is InChI=1S/C20H23NO3/c1-5-10-23-18-8-6-17(7-9-18)21-20(22)13-24-19-12-14(2)11-15(3)16(19)4/h5-9,11-12H,1,10,13H2,2-4H3,(H,21,22). The van der Waals surface area contributed by atoms with Gasteiger partial charge in [-0.25, -0.2) is 0 Å². The molecule has 0 saturated carbocycles. The van der Waals surface area contributed by atoms with Crippen LogP contribution in [-0.2, 0) is 4.79 Å². The number of benzene rings is 2. The van der Waals surface area contributed by atoms with Crippen molar-refractivity contribution in [3.05, 3.63) is 65.7 Å². The Bertz CT molecular complexity index is 720. The van der Waals surface area contributed by atoms with Crippen LogP contribution in [0.15, 0.2) is 49.1 Å². The molecule has 2 aromatic rings. The first-order chi connectivity index (χ1) is 11.5. The molecule has 0 saturated heterocycles. The van der Waals surface area contributed by atoms with E-state index in [1.165, 1.54) is 0 Å². The molecule has 4 heteroatoms. The van der Waals surface area contributed by atoms with Crippen molar-refractivity contribution in [1.82, 2.24) is 0 Å². The van der Waals surface area contributed by atoms with Crippen LogP contribution in [0.25, 0.3) is 0 Å². The Labute approximate surface area is 143 Å². The lowest BCUT2D eigenvalue weighted by molar-refractivity contribution is -0.118. The van der Waals surface area contributed by atoms with E-state index >= 15 is 0 Å². The molecule has 0 radical (unpaired) electrons. The monoisotopic (exact) mass is 325 g/mol. The van der Waals surface area contributed by atoms with E-state index in [-0.39, 0.29) is 12.5 Å². The van der Waals surface area contributed by atoms with Crippen LogP contribution in [0.1, 0.15) is 16.7 Å². The largest absolute Gasteiger partial charge is 0.490 e. The van der Waals surface area contributed by atoms with Gasteiger partial charge in [-0.15, -0.1) is 0 Å². The molecule has 0 heterocycles. The van der Waals surface area contributed by atoms with Gasteiger partial charge in [0.2, 0.25) is 0 Å². The minimum atomic E-state index is -0.201. The number of carbonyl (C=O) groups is 1. The normalized spacial score (nSPS) is 10.1. The van der Waals surface area contributed by atoms with Crippen molar-refractivity contribution in [1.29, 1.82) is 0 Å². The first kappa shape index (κ1) is 17.6. The van der Waals surface area contributed by atoms with Gasteiger partial charge in [-0.3, -0.25) is 4.79 Å². The van der Waals surface area contributed by atoms with Crippen LogP contribution in [0.4, 0.5) is 5.69 Å². The lowest BCUT2D eigenvalue weighted by atomic mass is 10.1. The number of ether oxygens (including phenoxy) is 2. The van der Waals surface area contributed by atoms with Crippen molar-refractivity contribution in [3.63, 3.8) is 0 Å². The summed E-state index contributed by atoms with van der Waals surface area (Å²) in [5.41, 5.74) is 4.02. The summed E-state index contributed by atoms with van der Waals surface area (Å²) >= 11 is 0. The van der Waals surface area contributed by atoms with Gasteiger partial charge in [0.05, 0.1) is 0 Å². The molecular weight excluding hydrogens is 302 g/mol. The average molecular weight is 325 g/mol. The Morgan fingerprint density at radius 2 is 1.83 bits per heavy atom. The van der Waals surface area contributed by atoms with Crippen LogP contribution in [0.2, 0.25) is 0 Å². The molecule has 0 atom stereocenters. The molecule has 0 spiro atoms. The second-order valence-corrected chi connectivity index (χ2v) is 5.67. The average Bonchev–Trinajstić information content (AvgIpc) is 2.56. The second-order valence-electron chi connectivity index (χ2n) is 5.67. The maximum absolute atomic E-state index is 12.0. The maximum Gasteiger partial charge on any atom is 0.262 e. The zero-order chi connectivity index (χ0) is 17.5. The highest BCUT2D eigenvalue weighted by Gasteiger charge is 2.08. The molecule has 0 fully saturated rings. The van der Waals surface area contributed by atoms with E-state index < -0.39 is 0 Å². The Kier molecular flexibility index (Phi) is 6.01. The summed E-state index contributed by atoms with van der Waals surface area (Å²) in [5.74, 6) is 1.28. The number of amides is 1. The molecule has 0 aromatic heterocycles. The fourth-order valence-electron chi connectivity index (χ4n) is 2.28. The summed E-state index contributed by atoms with van der Waals surface area (Å²) in [5, 5.41) is 2.80.